The molecule has 1 aromatic heterocycles. The zero-order valence-electron chi connectivity index (χ0n) is 11.1. The highest BCUT2D eigenvalue weighted by Gasteiger charge is 2.19. The van der Waals surface area contributed by atoms with E-state index in [1.165, 1.54) is 0 Å². The minimum absolute atomic E-state index is 0.315. The third kappa shape index (κ3) is 2.59. The Bertz CT molecular complexity index is 583. The molecular weight excluding hydrogens is 310 g/mol. The molecule has 1 unspecified atom stereocenters. The maximum Gasteiger partial charge on any atom is 0.161 e. The standard InChI is InChI=1S/C13H16BrN3O2/c1-17-13(11(19-3)7-16-17)12(15)8-4-5-10(18-2)9(14)6-8/h4-7,12H,15H2,1-3H3. The number of aryl methyl sites for hydroxylation is 1. The summed E-state index contributed by atoms with van der Waals surface area (Å²) in [6, 6.07) is 5.43. The Labute approximate surface area is 120 Å². The molecule has 0 aliphatic carbocycles. The Hall–Kier alpha value is -1.53. The van der Waals surface area contributed by atoms with Crippen molar-refractivity contribution in [1.29, 1.82) is 0 Å². The van der Waals surface area contributed by atoms with Gasteiger partial charge in [0.25, 0.3) is 0 Å². The quantitative estimate of drug-likeness (QED) is 0.936. The van der Waals surface area contributed by atoms with Gasteiger partial charge in [0.1, 0.15) is 11.4 Å². The zero-order valence-corrected chi connectivity index (χ0v) is 12.6. The predicted octanol–water partition coefficient (Wildman–Crippen LogP) is 2.25. The zero-order chi connectivity index (χ0) is 14.0. The van der Waals surface area contributed by atoms with Gasteiger partial charge in [-0.15, -0.1) is 0 Å². The molecule has 5 nitrogen and oxygen atoms in total. The van der Waals surface area contributed by atoms with Crippen LogP contribution in [-0.2, 0) is 7.05 Å². The van der Waals surface area contributed by atoms with Gasteiger partial charge in [0.2, 0.25) is 0 Å². The fourth-order valence-corrected chi connectivity index (χ4v) is 2.53. The van der Waals surface area contributed by atoms with Crippen LogP contribution in [0.2, 0.25) is 0 Å². The summed E-state index contributed by atoms with van der Waals surface area (Å²) < 4.78 is 13.1. The van der Waals surface area contributed by atoms with E-state index in [9.17, 15) is 0 Å². The molecule has 0 radical (unpaired) electrons. The highest BCUT2D eigenvalue weighted by Crippen LogP contribution is 2.32. The lowest BCUT2D eigenvalue weighted by Gasteiger charge is -2.15. The molecule has 2 rings (SSSR count). The molecule has 6 heteroatoms. The highest BCUT2D eigenvalue weighted by molar-refractivity contribution is 9.10. The van der Waals surface area contributed by atoms with Gasteiger partial charge in [-0.25, -0.2) is 0 Å². The smallest absolute Gasteiger partial charge is 0.161 e. The Morgan fingerprint density at radius 3 is 2.53 bits per heavy atom. The van der Waals surface area contributed by atoms with Crippen LogP contribution < -0.4 is 15.2 Å². The second kappa shape index (κ2) is 5.63. The van der Waals surface area contributed by atoms with Gasteiger partial charge in [-0.05, 0) is 33.6 Å². The molecule has 1 atom stereocenters. The molecule has 0 amide bonds. The van der Waals surface area contributed by atoms with Crippen molar-refractivity contribution in [2.24, 2.45) is 12.8 Å². The summed E-state index contributed by atoms with van der Waals surface area (Å²) in [6.45, 7) is 0. The average molecular weight is 326 g/mol. The monoisotopic (exact) mass is 325 g/mol. The summed E-state index contributed by atoms with van der Waals surface area (Å²) in [5.74, 6) is 1.45. The Morgan fingerprint density at radius 1 is 1.26 bits per heavy atom. The summed E-state index contributed by atoms with van der Waals surface area (Å²) in [7, 11) is 5.08. The molecule has 102 valence electrons. The number of nitrogens with two attached hydrogens (primary N) is 1. The lowest BCUT2D eigenvalue weighted by molar-refractivity contribution is 0.405. The normalized spacial score (nSPS) is 12.3. The van der Waals surface area contributed by atoms with E-state index in [4.69, 9.17) is 15.2 Å². The number of halogens is 1. The van der Waals surface area contributed by atoms with E-state index in [2.05, 4.69) is 21.0 Å². The Morgan fingerprint density at radius 2 is 1.95 bits per heavy atom. The first-order valence-corrected chi connectivity index (χ1v) is 6.52. The topological polar surface area (TPSA) is 62.3 Å². The van der Waals surface area contributed by atoms with Crippen molar-refractivity contribution in [1.82, 2.24) is 9.78 Å². The molecule has 0 fully saturated rings. The van der Waals surface area contributed by atoms with Crippen LogP contribution in [-0.4, -0.2) is 24.0 Å². The van der Waals surface area contributed by atoms with Crippen molar-refractivity contribution >= 4 is 15.9 Å². The first-order chi connectivity index (χ1) is 9.08. The number of methoxy groups -OCH3 is 2. The first-order valence-electron chi connectivity index (χ1n) is 5.73. The van der Waals surface area contributed by atoms with Crippen LogP contribution in [0.4, 0.5) is 0 Å². The highest BCUT2D eigenvalue weighted by atomic mass is 79.9. The second-order valence-electron chi connectivity index (χ2n) is 4.09. The van der Waals surface area contributed by atoms with Gasteiger partial charge in [0.05, 0.1) is 30.9 Å². The largest absolute Gasteiger partial charge is 0.496 e. The third-order valence-corrected chi connectivity index (χ3v) is 3.62. The molecule has 1 heterocycles. The van der Waals surface area contributed by atoms with Crippen LogP contribution in [0.15, 0.2) is 28.9 Å². The van der Waals surface area contributed by atoms with Gasteiger partial charge in [0, 0.05) is 7.05 Å². The van der Waals surface area contributed by atoms with Crippen molar-refractivity contribution in [3.63, 3.8) is 0 Å². The number of nitrogens with zero attached hydrogens (tertiary/aromatic N) is 2. The SMILES string of the molecule is COc1ccc(C(N)c2c(OC)cnn2C)cc1Br. The van der Waals surface area contributed by atoms with E-state index in [0.29, 0.717) is 5.75 Å². The first kappa shape index (κ1) is 13.9. The second-order valence-corrected chi connectivity index (χ2v) is 4.95. The lowest BCUT2D eigenvalue weighted by Crippen LogP contribution is -2.17. The average Bonchev–Trinajstić information content (AvgIpc) is 2.78. The lowest BCUT2D eigenvalue weighted by atomic mass is 10.0. The number of benzene rings is 1. The molecular formula is C13H16BrN3O2. The minimum Gasteiger partial charge on any atom is -0.496 e. The van der Waals surface area contributed by atoms with Crippen molar-refractivity contribution < 1.29 is 9.47 Å². The van der Waals surface area contributed by atoms with Gasteiger partial charge in [-0.2, -0.15) is 5.10 Å². The van der Waals surface area contributed by atoms with E-state index >= 15 is 0 Å². The molecule has 0 spiro atoms. The third-order valence-electron chi connectivity index (χ3n) is 3.00. The molecule has 2 N–H and O–H groups in total. The maximum absolute atomic E-state index is 6.30. The number of rotatable bonds is 4. The van der Waals surface area contributed by atoms with E-state index in [1.54, 1.807) is 25.1 Å². The Balaban J connectivity index is 2.41. The van der Waals surface area contributed by atoms with Gasteiger partial charge in [0.15, 0.2) is 5.75 Å². The number of aromatic nitrogens is 2. The van der Waals surface area contributed by atoms with Gasteiger partial charge in [-0.3, -0.25) is 4.68 Å². The van der Waals surface area contributed by atoms with Crippen LogP contribution >= 0.6 is 15.9 Å². The van der Waals surface area contributed by atoms with E-state index in [1.807, 2.05) is 25.2 Å². The van der Waals surface area contributed by atoms with Crippen LogP contribution in [0.25, 0.3) is 0 Å². The molecule has 0 aliphatic rings. The van der Waals surface area contributed by atoms with E-state index < -0.39 is 0 Å². The molecule has 0 bridgehead atoms. The molecule has 2 aromatic rings. The summed E-state index contributed by atoms with van der Waals surface area (Å²) in [6.07, 6.45) is 1.66. The fourth-order valence-electron chi connectivity index (χ4n) is 1.97. The van der Waals surface area contributed by atoms with Crippen LogP contribution in [0, 0.1) is 0 Å². The van der Waals surface area contributed by atoms with Crippen LogP contribution in [0.5, 0.6) is 11.5 Å². The molecule has 0 saturated heterocycles. The molecule has 1 aromatic carbocycles. The maximum atomic E-state index is 6.30. The van der Waals surface area contributed by atoms with Crippen molar-refractivity contribution in [2.45, 2.75) is 6.04 Å². The number of ether oxygens (including phenoxy) is 2. The molecule has 0 aliphatic heterocycles. The minimum atomic E-state index is -0.315. The van der Waals surface area contributed by atoms with E-state index in [-0.39, 0.29) is 6.04 Å². The summed E-state index contributed by atoms with van der Waals surface area (Å²) in [5.41, 5.74) is 8.08. The van der Waals surface area contributed by atoms with Crippen LogP contribution in [0.3, 0.4) is 0 Å². The van der Waals surface area contributed by atoms with E-state index in [0.717, 1.165) is 21.5 Å². The van der Waals surface area contributed by atoms with Crippen molar-refractivity contribution in [2.75, 3.05) is 14.2 Å². The van der Waals surface area contributed by atoms with Gasteiger partial charge in [-0.1, -0.05) is 6.07 Å². The Kier molecular flexibility index (Phi) is 4.11. The summed E-state index contributed by atoms with van der Waals surface area (Å²) >= 11 is 3.46. The number of hydrogen-bond donors (Lipinski definition) is 1. The van der Waals surface area contributed by atoms with Crippen LogP contribution in [0.1, 0.15) is 17.3 Å². The van der Waals surface area contributed by atoms with Crippen molar-refractivity contribution in [3.05, 3.63) is 40.1 Å². The molecule has 19 heavy (non-hydrogen) atoms. The summed E-state index contributed by atoms with van der Waals surface area (Å²) in [4.78, 5) is 0. The summed E-state index contributed by atoms with van der Waals surface area (Å²) in [5, 5.41) is 4.17. The van der Waals surface area contributed by atoms with Gasteiger partial charge < -0.3 is 15.2 Å². The van der Waals surface area contributed by atoms with Gasteiger partial charge >= 0.3 is 0 Å². The predicted molar refractivity (Wildman–Crippen MR) is 76.5 cm³/mol. The number of hydrogen-bond acceptors (Lipinski definition) is 4. The van der Waals surface area contributed by atoms with Crippen molar-refractivity contribution in [3.8, 4) is 11.5 Å². The molecule has 0 saturated carbocycles. The fraction of sp³-hybridized carbons (Fsp3) is 0.308.